The third-order valence-electron chi connectivity index (χ3n) is 3.49. The number of hydrogen-bond donors (Lipinski definition) is 1. The molecule has 14 heavy (non-hydrogen) atoms. The summed E-state index contributed by atoms with van der Waals surface area (Å²) in [5.74, 6) is 1.40. The molecule has 0 saturated carbocycles. The van der Waals surface area contributed by atoms with E-state index in [0.717, 1.165) is 18.9 Å². The summed E-state index contributed by atoms with van der Waals surface area (Å²) in [5.41, 5.74) is 8.52. The molecule has 0 aliphatic heterocycles. The second-order valence-electron chi connectivity index (χ2n) is 4.37. The standard InChI is InChI=1S/C11H19N3/c1-8-3-4-11-10(7-13-14(11)2)9(8)5-6-12/h7-9H,3-6,12H2,1-2H3. The number of nitrogens with zero attached hydrogens (tertiary/aromatic N) is 2. The molecule has 2 N–H and O–H groups in total. The molecule has 0 radical (unpaired) electrons. The first-order valence-corrected chi connectivity index (χ1v) is 5.45. The van der Waals surface area contributed by atoms with Gasteiger partial charge in [-0.3, -0.25) is 4.68 Å². The van der Waals surface area contributed by atoms with Gasteiger partial charge in [0.15, 0.2) is 0 Å². The van der Waals surface area contributed by atoms with Crippen molar-refractivity contribution in [2.45, 2.75) is 32.1 Å². The predicted octanol–water partition coefficient (Wildman–Crippen LogP) is 1.43. The van der Waals surface area contributed by atoms with Gasteiger partial charge in [-0.1, -0.05) is 6.92 Å². The third-order valence-corrected chi connectivity index (χ3v) is 3.49. The Morgan fingerprint density at radius 2 is 2.43 bits per heavy atom. The van der Waals surface area contributed by atoms with Crippen molar-refractivity contribution < 1.29 is 0 Å². The van der Waals surface area contributed by atoms with Crippen LogP contribution >= 0.6 is 0 Å². The van der Waals surface area contributed by atoms with Crippen LogP contribution in [-0.2, 0) is 13.5 Å². The molecular formula is C11H19N3. The van der Waals surface area contributed by atoms with Crippen molar-refractivity contribution in [1.29, 1.82) is 0 Å². The molecule has 2 unspecified atom stereocenters. The van der Waals surface area contributed by atoms with Gasteiger partial charge in [0.1, 0.15) is 0 Å². The second-order valence-corrected chi connectivity index (χ2v) is 4.37. The zero-order chi connectivity index (χ0) is 10.1. The first-order chi connectivity index (χ1) is 6.74. The van der Waals surface area contributed by atoms with Gasteiger partial charge in [0.05, 0.1) is 6.20 Å². The number of hydrogen-bond acceptors (Lipinski definition) is 2. The Morgan fingerprint density at radius 3 is 3.14 bits per heavy atom. The van der Waals surface area contributed by atoms with Crippen LogP contribution in [0.15, 0.2) is 6.20 Å². The molecule has 2 atom stereocenters. The lowest BCUT2D eigenvalue weighted by atomic mass is 9.77. The van der Waals surface area contributed by atoms with Gasteiger partial charge in [-0.05, 0) is 43.2 Å². The maximum absolute atomic E-state index is 5.66. The zero-order valence-corrected chi connectivity index (χ0v) is 9.03. The summed E-state index contributed by atoms with van der Waals surface area (Å²) in [5, 5.41) is 4.34. The molecule has 0 aromatic carbocycles. The van der Waals surface area contributed by atoms with Gasteiger partial charge >= 0.3 is 0 Å². The predicted molar refractivity (Wildman–Crippen MR) is 57.1 cm³/mol. The monoisotopic (exact) mass is 193 g/mol. The number of nitrogens with two attached hydrogens (primary N) is 1. The van der Waals surface area contributed by atoms with Crippen molar-refractivity contribution in [1.82, 2.24) is 9.78 Å². The van der Waals surface area contributed by atoms with Crippen LogP contribution in [0.4, 0.5) is 0 Å². The highest BCUT2D eigenvalue weighted by Gasteiger charge is 2.28. The molecule has 0 fully saturated rings. The summed E-state index contributed by atoms with van der Waals surface area (Å²) in [4.78, 5) is 0. The van der Waals surface area contributed by atoms with E-state index >= 15 is 0 Å². The third kappa shape index (κ3) is 1.46. The van der Waals surface area contributed by atoms with Crippen molar-refractivity contribution in [3.8, 4) is 0 Å². The number of fused-ring (bicyclic) bond motifs is 1. The summed E-state index contributed by atoms with van der Waals surface area (Å²) >= 11 is 0. The van der Waals surface area contributed by atoms with E-state index in [1.54, 1.807) is 0 Å². The molecule has 1 aromatic heterocycles. The molecule has 1 aliphatic carbocycles. The summed E-state index contributed by atoms with van der Waals surface area (Å²) in [6.45, 7) is 3.11. The van der Waals surface area contributed by atoms with Gasteiger partial charge in [0, 0.05) is 12.7 Å². The van der Waals surface area contributed by atoms with Crippen molar-refractivity contribution >= 4 is 0 Å². The Bertz CT molecular complexity index is 316. The van der Waals surface area contributed by atoms with E-state index in [-0.39, 0.29) is 0 Å². The molecule has 1 aromatic rings. The normalized spacial score (nSPS) is 26.2. The maximum atomic E-state index is 5.66. The SMILES string of the molecule is CC1CCc2c(cnn2C)C1CCN. The van der Waals surface area contributed by atoms with Gasteiger partial charge in [0.25, 0.3) is 0 Å². The largest absolute Gasteiger partial charge is 0.330 e. The quantitative estimate of drug-likeness (QED) is 0.772. The van der Waals surface area contributed by atoms with Gasteiger partial charge < -0.3 is 5.73 Å². The van der Waals surface area contributed by atoms with Crippen LogP contribution in [0.1, 0.15) is 36.9 Å². The Morgan fingerprint density at radius 1 is 1.64 bits per heavy atom. The topological polar surface area (TPSA) is 43.8 Å². The van der Waals surface area contributed by atoms with Crippen LogP contribution in [-0.4, -0.2) is 16.3 Å². The number of rotatable bonds is 2. The summed E-state index contributed by atoms with van der Waals surface area (Å²) < 4.78 is 2.02. The molecule has 3 heteroatoms. The zero-order valence-electron chi connectivity index (χ0n) is 9.03. The lowest BCUT2D eigenvalue weighted by molar-refractivity contribution is 0.381. The van der Waals surface area contributed by atoms with E-state index < -0.39 is 0 Å². The van der Waals surface area contributed by atoms with Crippen LogP contribution in [0.3, 0.4) is 0 Å². The minimum absolute atomic E-state index is 0.637. The fraction of sp³-hybridized carbons (Fsp3) is 0.727. The van der Waals surface area contributed by atoms with Crippen LogP contribution in [0.2, 0.25) is 0 Å². The average Bonchev–Trinajstić information content (AvgIpc) is 2.53. The van der Waals surface area contributed by atoms with E-state index in [1.807, 2.05) is 17.9 Å². The molecule has 1 heterocycles. The lowest BCUT2D eigenvalue weighted by Crippen LogP contribution is -2.21. The minimum Gasteiger partial charge on any atom is -0.330 e. The Balaban J connectivity index is 2.32. The summed E-state index contributed by atoms with van der Waals surface area (Å²) in [6.07, 6.45) is 5.58. The van der Waals surface area contributed by atoms with Crippen LogP contribution < -0.4 is 5.73 Å². The lowest BCUT2D eigenvalue weighted by Gasteiger charge is -2.28. The van der Waals surface area contributed by atoms with E-state index in [9.17, 15) is 0 Å². The molecule has 78 valence electrons. The smallest absolute Gasteiger partial charge is 0.0527 e. The number of aryl methyl sites for hydroxylation is 1. The first kappa shape index (κ1) is 9.71. The molecule has 0 bridgehead atoms. The van der Waals surface area contributed by atoms with E-state index in [4.69, 9.17) is 5.73 Å². The van der Waals surface area contributed by atoms with Gasteiger partial charge in [-0.25, -0.2) is 0 Å². The summed E-state index contributed by atoms with van der Waals surface area (Å²) in [7, 11) is 2.04. The molecule has 0 amide bonds. The molecular weight excluding hydrogens is 174 g/mol. The van der Waals surface area contributed by atoms with Crippen molar-refractivity contribution in [3.05, 3.63) is 17.5 Å². The fourth-order valence-electron chi connectivity index (χ4n) is 2.59. The number of aromatic nitrogens is 2. The highest BCUT2D eigenvalue weighted by Crippen LogP contribution is 2.37. The average molecular weight is 193 g/mol. The molecule has 1 aliphatic rings. The second kappa shape index (κ2) is 3.73. The van der Waals surface area contributed by atoms with Gasteiger partial charge in [-0.15, -0.1) is 0 Å². The highest BCUT2D eigenvalue weighted by atomic mass is 15.3. The highest BCUT2D eigenvalue weighted by molar-refractivity contribution is 5.26. The van der Waals surface area contributed by atoms with Crippen molar-refractivity contribution in [2.24, 2.45) is 18.7 Å². The van der Waals surface area contributed by atoms with E-state index in [1.165, 1.54) is 24.1 Å². The fourth-order valence-corrected chi connectivity index (χ4v) is 2.59. The van der Waals surface area contributed by atoms with Gasteiger partial charge in [-0.2, -0.15) is 5.10 Å². The maximum Gasteiger partial charge on any atom is 0.0527 e. The molecule has 0 spiro atoms. The van der Waals surface area contributed by atoms with Crippen LogP contribution in [0.25, 0.3) is 0 Å². The Hall–Kier alpha value is -0.830. The summed E-state index contributed by atoms with van der Waals surface area (Å²) in [6, 6.07) is 0. The van der Waals surface area contributed by atoms with Crippen molar-refractivity contribution in [3.63, 3.8) is 0 Å². The van der Waals surface area contributed by atoms with E-state index in [0.29, 0.717) is 5.92 Å². The van der Waals surface area contributed by atoms with Crippen LogP contribution in [0, 0.1) is 5.92 Å². The molecule has 3 nitrogen and oxygen atoms in total. The van der Waals surface area contributed by atoms with Gasteiger partial charge in [0.2, 0.25) is 0 Å². The Kier molecular flexibility index (Phi) is 2.59. The minimum atomic E-state index is 0.637. The molecule has 0 saturated heterocycles. The first-order valence-electron chi connectivity index (χ1n) is 5.45. The van der Waals surface area contributed by atoms with Crippen LogP contribution in [0.5, 0.6) is 0 Å². The molecule has 2 rings (SSSR count). The Labute approximate surface area is 85.3 Å². The van der Waals surface area contributed by atoms with E-state index in [2.05, 4.69) is 12.0 Å². The van der Waals surface area contributed by atoms with Crippen molar-refractivity contribution in [2.75, 3.05) is 6.54 Å².